The molecule has 29 heavy (non-hydrogen) atoms. The number of carbonyl (C=O) groups excluding carboxylic acids is 1. The molecule has 0 aromatic rings. The third-order valence-corrected chi connectivity index (χ3v) is 5.49. The highest BCUT2D eigenvalue weighted by molar-refractivity contribution is 5.78. The van der Waals surface area contributed by atoms with E-state index in [0.29, 0.717) is 71.9 Å². The topological polar surface area (TPSA) is 59.5 Å². The molecule has 0 spiro atoms. The highest BCUT2D eigenvalue weighted by atomic mass is 19.4. The lowest BCUT2D eigenvalue weighted by molar-refractivity contribution is -0.149. The molecule has 1 amide bonds. The van der Waals surface area contributed by atoms with Gasteiger partial charge in [-0.2, -0.15) is 13.2 Å². The first-order valence-corrected chi connectivity index (χ1v) is 10.5. The molecule has 0 aromatic heterocycles. The summed E-state index contributed by atoms with van der Waals surface area (Å²) in [7, 11) is 0. The van der Waals surface area contributed by atoms with Crippen molar-refractivity contribution in [1.82, 2.24) is 19.6 Å². The molecule has 170 valence electrons. The summed E-state index contributed by atoms with van der Waals surface area (Å²) in [5, 5.41) is 9.37. The third kappa shape index (κ3) is 8.37. The van der Waals surface area contributed by atoms with E-state index in [1.54, 1.807) is 0 Å². The second kappa shape index (κ2) is 11.5. The van der Waals surface area contributed by atoms with Gasteiger partial charge in [-0.15, -0.1) is 0 Å². The number of amides is 1. The molecule has 2 aliphatic heterocycles. The molecular weight excluding hydrogens is 389 g/mol. The summed E-state index contributed by atoms with van der Waals surface area (Å²) < 4.78 is 43.4. The van der Waals surface area contributed by atoms with E-state index in [1.807, 2.05) is 18.7 Å². The van der Waals surface area contributed by atoms with E-state index >= 15 is 0 Å². The van der Waals surface area contributed by atoms with Gasteiger partial charge < -0.3 is 14.7 Å². The first-order valence-electron chi connectivity index (χ1n) is 10.5. The maximum Gasteiger partial charge on any atom is 0.401 e. The van der Waals surface area contributed by atoms with Crippen molar-refractivity contribution >= 4 is 5.91 Å². The van der Waals surface area contributed by atoms with Gasteiger partial charge in [0.05, 0.1) is 13.2 Å². The van der Waals surface area contributed by atoms with Crippen molar-refractivity contribution in [3.63, 3.8) is 0 Å². The number of piperazine rings is 2. The molecule has 0 aromatic carbocycles. The number of aliphatic hydroxyl groups is 1. The predicted molar refractivity (Wildman–Crippen MR) is 103 cm³/mol. The molecule has 2 saturated heterocycles. The van der Waals surface area contributed by atoms with Gasteiger partial charge in [0, 0.05) is 77.8 Å². The number of halogens is 3. The van der Waals surface area contributed by atoms with Gasteiger partial charge >= 0.3 is 6.18 Å². The number of rotatable bonds is 9. The van der Waals surface area contributed by atoms with Crippen LogP contribution in [0.15, 0.2) is 0 Å². The number of aliphatic hydroxyl groups excluding tert-OH is 1. The Bertz CT molecular complexity index is 492. The van der Waals surface area contributed by atoms with Gasteiger partial charge in [0.15, 0.2) is 0 Å². The van der Waals surface area contributed by atoms with Crippen LogP contribution in [0.3, 0.4) is 0 Å². The Labute approximate surface area is 171 Å². The zero-order valence-corrected chi connectivity index (χ0v) is 17.5. The Kier molecular flexibility index (Phi) is 9.61. The molecular formula is C19H35F3N4O3. The number of carbonyl (C=O) groups is 1. The van der Waals surface area contributed by atoms with E-state index < -0.39 is 12.7 Å². The summed E-state index contributed by atoms with van der Waals surface area (Å²) in [4.78, 5) is 19.7. The van der Waals surface area contributed by atoms with Crippen LogP contribution in [-0.2, 0) is 9.53 Å². The minimum atomic E-state index is -4.15. The molecule has 0 aliphatic carbocycles. The number of alkyl halides is 3. The summed E-state index contributed by atoms with van der Waals surface area (Å²) in [6.07, 6.45) is -3.85. The fourth-order valence-electron chi connectivity index (χ4n) is 3.82. The van der Waals surface area contributed by atoms with Crippen LogP contribution in [0, 0.1) is 5.92 Å². The van der Waals surface area contributed by atoms with Crippen LogP contribution in [0.1, 0.15) is 20.3 Å². The van der Waals surface area contributed by atoms with Gasteiger partial charge in [-0.1, -0.05) is 13.8 Å². The molecule has 0 radical (unpaired) electrons. The minimum absolute atomic E-state index is 0.0114. The quantitative estimate of drug-likeness (QED) is 0.588. The van der Waals surface area contributed by atoms with Crippen molar-refractivity contribution in [1.29, 1.82) is 0 Å². The van der Waals surface area contributed by atoms with Crippen molar-refractivity contribution in [2.24, 2.45) is 5.92 Å². The molecule has 1 unspecified atom stereocenters. The molecule has 0 bridgehead atoms. The Balaban J connectivity index is 1.69. The second-order valence-corrected chi connectivity index (χ2v) is 8.09. The van der Waals surface area contributed by atoms with Crippen molar-refractivity contribution in [3.05, 3.63) is 0 Å². The van der Waals surface area contributed by atoms with E-state index in [4.69, 9.17) is 4.74 Å². The summed E-state index contributed by atoms with van der Waals surface area (Å²) in [5.74, 6) is 0.150. The largest absolute Gasteiger partial charge is 0.401 e. The average Bonchev–Trinajstić information content (AvgIpc) is 2.67. The van der Waals surface area contributed by atoms with Crippen molar-refractivity contribution in [2.45, 2.75) is 32.7 Å². The van der Waals surface area contributed by atoms with Gasteiger partial charge in [-0.25, -0.2) is 0 Å². The van der Waals surface area contributed by atoms with Crippen molar-refractivity contribution in [3.8, 4) is 0 Å². The van der Waals surface area contributed by atoms with Gasteiger partial charge in [0.1, 0.15) is 6.23 Å². The van der Waals surface area contributed by atoms with E-state index in [2.05, 4.69) is 9.80 Å². The second-order valence-electron chi connectivity index (χ2n) is 8.09. The Morgan fingerprint density at radius 1 is 1.00 bits per heavy atom. The standard InChI is InChI=1S/C19H35F3N4O3/c1-16(2)18(28)26-10-8-25(9-11-26)17(3-13-27)29-14-12-23-4-6-24(7-5-23)15-19(20,21)22/h16-17,27H,3-15H2,1-2H3. The maximum absolute atomic E-state index is 12.5. The molecule has 2 fully saturated rings. The summed E-state index contributed by atoms with van der Waals surface area (Å²) in [6.45, 7) is 8.84. The van der Waals surface area contributed by atoms with Gasteiger partial charge in [0.2, 0.25) is 5.91 Å². The van der Waals surface area contributed by atoms with Crippen molar-refractivity contribution in [2.75, 3.05) is 78.7 Å². The zero-order chi connectivity index (χ0) is 21.4. The Morgan fingerprint density at radius 3 is 2.10 bits per heavy atom. The number of ether oxygens (including phenoxy) is 1. The molecule has 2 aliphatic rings. The maximum atomic E-state index is 12.5. The molecule has 1 N–H and O–H groups in total. The Morgan fingerprint density at radius 2 is 1.59 bits per heavy atom. The lowest BCUT2D eigenvalue weighted by Crippen LogP contribution is -2.54. The summed E-state index contributed by atoms with van der Waals surface area (Å²) >= 11 is 0. The smallest absolute Gasteiger partial charge is 0.396 e. The van der Waals surface area contributed by atoms with Crippen LogP contribution in [0.2, 0.25) is 0 Å². The van der Waals surface area contributed by atoms with Crippen LogP contribution in [0.5, 0.6) is 0 Å². The average molecular weight is 425 g/mol. The normalized spacial score (nSPS) is 21.7. The minimum Gasteiger partial charge on any atom is -0.396 e. The van der Waals surface area contributed by atoms with Gasteiger partial charge in [-0.3, -0.25) is 19.5 Å². The van der Waals surface area contributed by atoms with Crippen LogP contribution < -0.4 is 0 Å². The van der Waals surface area contributed by atoms with Crippen LogP contribution >= 0.6 is 0 Å². The zero-order valence-electron chi connectivity index (χ0n) is 17.5. The summed E-state index contributed by atoms with van der Waals surface area (Å²) in [6, 6.07) is 0. The number of hydrogen-bond acceptors (Lipinski definition) is 6. The lowest BCUT2D eigenvalue weighted by atomic mass is 10.1. The molecule has 7 nitrogen and oxygen atoms in total. The highest BCUT2D eigenvalue weighted by Gasteiger charge is 2.32. The van der Waals surface area contributed by atoms with Crippen LogP contribution in [0.25, 0.3) is 0 Å². The molecule has 2 heterocycles. The van der Waals surface area contributed by atoms with Crippen LogP contribution in [-0.4, -0.2) is 122 Å². The monoisotopic (exact) mass is 424 g/mol. The molecule has 10 heteroatoms. The predicted octanol–water partition coefficient (Wildman–Crippen LogP) is 0.692. The fourth-order valence-corrected chi connectivity index (χ4v) is 3.82. The van der Waals surface area contributed by atoms with Gasteiger partial charge in [-0.05, 0) is 0 Å². The first-order chi connectivity index (χ1) is 13.7. The van der Waals surface area contributed by atoms with Crippen molar-refractivity contribution < 1.29 is 27.8 Å². The Hall–Kier alpha value is -0.940. The number of nitrogens with zero attached hydrogens (tertiary/aromatic N) is 4. The molecule has 1 atom stereocenters. The van der Waals surface area contributed by atoms with Crippen LogP contribution in [0.4, 0.5) is 13.2 Å². The SMILES string of the molecule is CC(C)C(=O)N1CCN(C(CCO)OCCN2CCN(CC(F)(F)F)CC2)CC1. The molecule has 0 saturated carbocycles. The number of hydrogen-bond donors (Lipinski definition) is 1. The highest BCUT2D eigenvalue weighted by Crippen LogP contribution is 2.17. The van der Waals surface area contributed by atoms with E-state index in [9.17, 15) is 23.1 Å². The van der Waals surface area contributed by atoms with E-state index in [1.165, 1.54) is 4.90 Å². The first kappa shape index (κ1) is 24.3. The van der Waals surface area contributed by atoms with Gasteiger partial charge in [0.25, 0.3) is 0 Å². The summed E-state index contributed by atoms with van der Waals surface area (Å²) in [5.41, 5.74) is 0. The molecule has 2 rings (SSSR count). The lowest BCUT2D eigenvalue weighted by Gasteiger charge is -2.40. The third-order valence-electron chi connectivity index (χ3n) is 5.49. The fraction of sp³-hybridized carbons (Fsp3) is 0.947. The van der Waals surface area contributed by atoms with E-state index in [-0.39, 0.29) is 24.7 Å². The van der Waals surface area contributed by atoms with E-state index in [0.717, 1.165) is 0 Å².